The van der Waals surface area contributed by atoms with Crippen molar-refractivity contribution in [3.8, 4) is 0 Å². The van der Waals surface area contributed by atoms with Gasteiger partial charge in [0.25, 0.3) is 0 Å². The molecule has 0 fully saturated rings. The third kappa shape index (κ3) is 2.59. The summed E-state index contributed by atoms with van der Waals surface area (Å²) in [4.78, 5) is 4.24. The maximum Gasteiger partial charge on any atom is 0.226 e. The molecule has 0 bridgehead atoms. The topological polar surface area (TPSA) is 42.7 Å². The molecule has 4 nitrogen and oxygen atoms in total. The minimum Gasteiger partial charge on any atom is -0.324 e. The van der Waals surface area contributed by atoms with Crippen molar-refractivity contribution in [2.75, 3.05) is 5.32 Å². The van der Waals surface area contributed by atoms with E-state index < -0.39 is 0 Å². The molecule has 2 heterocycles. The summed E-state index contributed by atoms with van der Waals surface area (Å²) in [6, 6.07) is 13.8. The monoisotopic (exact) mass is 326 g/mol. The molecular formula is C17H12ClFN4. The number of halogens is 2. The Hall–Kier alpha value is -2.66. The largest absolute Gasteiger partial charge is 0.324 e. The molecule has 0 aliphatic carbocycles. The molecule has 0 amide bonds. The number of hydrogen-bond donors (Lipinski definition) is 1. The van der Waals surface area contributed by atoms with E-state index >= 15 is 0 Å². The van der Waals surface area contributed by atoms with Crippen LogP contribution >= 0.6 is 11.6 Å². The van der Waals surface area contributed by atoms with E-state index in [1.165, 1.54) is 18.5 Å². The Bertz CT molecular complexity index is 868. The average molecular weight is 327 g/mol. The summed E-state index contributed by atoms with van der Waals surface area (Å²) in [6.07, 6.45) is 3.54. The number of aromatic nitrogens is 3. The summed E-state index contributed by atoms with van der Waals surface area (Å²) in [5, 5.41) is 8.20. The van der Waals surface area contributed by atoms with Crippen LogP contribution in [-0.4, -0.2) is 14.8 Å². The molecule has 6 heteroatoms. The molecule has 1 aliphatic heterocycles. The molecule has 1 aliphatic rings. The standard InChI is InChI=1S/C17H12ClFN4/c18-13-5-1-11(2-6-13)15-9-16(12-3-7-14(19)8-4-12)23-17(22-15)20-10-21-23/h1-10,16H,(H,20,21,22). The molecule has 2 aromatic carbocycles. The second kappa shape index (κ2) is 5.52. The van der Waals surface area contributed by atoms with Gasteiger partial charge < -0.3 is 5.32 Å². The first-order valence-electron chi connectivity index (χ1n) is 7.10. The van der Waals surface area contributed by atoms with Crippen molar-refractivity contribution >= 4 is 23.2 Å². The number of benzene rings is 2. The SMILES string of the molecule is Fc1ccc(C2C=C(c3ccc(Cl)cc3)Nc3ncnn32)cc1. The van der Waals surface area contributed by atoms with Gasteiger partial charge in [0, 0.05) is 10.7 Å². The fourth-order valence-corrected chi connectivity index (χ4v) is 2.75. The maximum absolute atomic E-state index is 13.2. The molecular weight excluding hydrogens is 315 g/mol. The summed E-state index contributed by atoms with van der Waals surface area (Å²) in [5.41, 5.74) is 2.85. The lowest BCUT2D eigenvalue weighted by Crippen LogP contribution is -2.20. The number of allylic oxidation sites excluding steroid dienone is 1. The molecule has 1 N–H and O–H groups in total. The van der Waals surface area contributed by atoms with Crippen molar-refractivity contribution in [3.63, 3.8) is 0 Å². The van der Waals surface area contributed by atoms with Crippen LogP contribution in [0.3, 0.4) is 0 Å². The summed E-state index contributed by atoms with van der Waals surface area (Å²) in [7, 11) is 0. The fourth-order valence-electron chi connectivity index (χ4n) is 2.63. The van der Waals surface area contributed by atoms with Gasteiger partial charge in [-0.3, -0.25) is 0 Å². The number of hydrogen-bond acceptors (Lipinski definition) is 3. The van der Waals surface area contributed by atoms with Gasteiger partial charge in [0.05, 0.1) is 0 Å². The zero-order chi connectivity index (χ0) is 15.8. The van der Waals surface area contributed by atoms with Crippen LogP contribution in [0.25, 0.3) is 5.70 Å². The van der Waals surface area contributed by atoms with Gasteiger partial charge in [-0.2, -0.15) is 10.1 Å². The zero-order valence-corrected chi connectivity index (χ0v) is 12.7. The van der Waals surface area contributed by atoms with Gasteiger partial charge in [-0.1, -0.05) is 35.9 Å². The van der Waals surface area contributed by atoms with Gasteiger partial charge in [0.15, 0.2) is 0 Å². The van der Waals surface area contributed by atoms with E-state index in [2.05, 4.69) is 15.4 Å². The second-order valence-electron chi connectivity index (χ2n) is 5.24. The van der Waals surface area contributed by atoms with Crippen LogP contribution < -0.4 is 5.32 Å². The van der Waals surface area contributed by atoms with E-state index in [0.29, 0.717) is 11.0 Å². The van der Waals surface area contributed by atoms with Crippen molar-refractivity contribution in [1.29, 1.82) is 0 Å². The maximum atomic E-state index is 13.2. The molecule has 0 spiro atoms. The first kappa shape index (κ1) is 14.0. The number of anilines is 1. The average Bonchev–Trinajstić information content (AvgIpc) is 3.04. The van der Waals surface area contributed by atoms with Gasteiger partial charge in [-0.15, -0.1) is 0 Å². The van der Waals surface area contributed by atoms with Gasteiger partial charge in [-0.05, 0) is 41.5 Å². The van der Waals surface area contributed by atoms with E-state index in [-0.39, 0.29) is 11.9 Å². The lowest BCUT2D eigenvalue weighted by atomic mass is 10.0. The molecule has 0 saturated heterocycles. The third-order valence-corrected chi connectivity index (χ3v) is 4.03. The first-order chi connectivity index (χ1) is 11.2. The molecule has 114 valence electrons. The smallest absolute Gasteiger partial charge is 0.226 e. The highest BCUT2D eigenvalue weighted by Crippen LogP contribution is 2.32. The Morgan fingerprint density at radius 3 is 2.52 bits per heavy atom. The predicted molar refractivity (Wildman–Crippen MR) is 87.6 cm³/mol. The Labute approximate surface area is 137 Å². The highest BCUT2D eigenvalue weighted by Gasteiger charge is 2.23. The lowest BCUT2D eigenvalue weighted by molar-refractivity contribution is 0.603. The van der Waals surface area contributed by atoms with Crippen molar-refractivity contribution < 1.29 is 4.39 Å². The van der Waals surface area contributed by atoms with Crippen LogP contribution in [0, 0.1) is 5.82 Å². The summed E-state index contributed by atoms with van der Waals surface area (Å²) < 4.78 is 15.0. The van der Waals surface area contributed by atoms with Gasteiger partial charge in [0.1, 0.15) is 18.2 Å². The summed E-state index contributed by atoms with van der Waals surface area (Å²) >= 11 is 5.95. The van der Waals surface area contributed by atoms with E-state index in [4.69, 9.17) is 11.6 Å². The van der Waals surface area contributed by atoms with E-state index in [1.807, 2.05) is 30.3 Å². The van der Waals surface area contributed by atoms with E-state index in [0.717, 1.165) is 16.8 Å². The molecule has 23 heavy (non-hydrogen) atoms. The third-order valence-electron chi connectivity index (χ3n) is 3.77. The molecule has 0 radical (unpaired) electrons. The van der Waals surface area contributed by atoms with Crippen LogP contribution in [0.1, 0.15) is 17.2 Å². The number of fused-ring (bicyclic) bond motifs is 1. The van der Waals surface area contributed by atoms with Gasteiger partial charge >= 0.3 is 0 Å². The Kier molecular flexibility index (Phi) is 3.35. The molecule has 1 unspecified atom stereocenters. The molecule has 1 aromatic heterocycles. The molecule has 3 aromatic rings. The van der Waals surface area contributed by atoms with Crippen molar-refractivity contribution in [1.82, 2.24) is 14.8 Å². The zero-order valence-electron chi connectivity index (χ0n) is 11.9. The second-order valence-corrected chi connectivity index (χ2v) is 5.67. The quantitative estimate of drug-likeness (QED) is 0.770. The number of nitrogens with zero attached hydrogens (tertiary/aromatic N) is 3. The normalized spacial score (nSPS) is 16.4. The Morgan fingerprint density at radius 2 is 1.78 bits per heavy atom. The molecule has 1 atom stereocenters. The number of nitrogens with one attached hydrogen (secondary N) is 1. The van der Waals surface area contributed by atoms with Crippen LogP contribution in [0.15, 0.2) is 60.9 Å². The lowest BCUT2D eigenvalue weighted by Gasteiger charge is -2.24. The van der Waals surface area contributed by atoms with Gasteiger partial charge in [-0.25, -0.2) is 9.07 Å². The summed E-state index contributed by atoms with van der Waals surface area (Å²) in [5.74, 6) is 0.384. The van der Waals surface area contributed by atoms with Gasteiger partial charge in [0.2, 0.25) is 5.95 Å². The van der Waals surface area contributed by atoms with Crippen LogP contribution in [0.2, 0.25) is 5.02 Å². The molecule has 4 rings (SSSR count). The predicted octanol–water partition coefficient (Wildman–Crippen LogP) is 4.13. The van der Waals surface area contributed by atoms with Crippen molar-refractivity contribution in [2.45, 2.75) is 6.04 Å². The van der Waals surface area contributed by atoms with Crippen molar-refractivity contribution in [2.24, 2.45) is 0 Å². The highest BCUT2D eigenvalue weighted by molar-refractivity contribution is 6.30. The minimum absolute atomic E-state index is 0.153. The highest BCUT2D eigenvalue weighted by atomic mass is 35.5. The first-order valence-corrected chi connectivity index (χ1v) is 7.48. The fraction of sp³-hybridized carbons (Fsp3) is 0.0588. The number of rotatable bonds is 2. The van der Waals surface area contributed by atoms with E-state index in [9.17, 15) is 4.39 Å². The van der Waals surface area contributed by atoms with Crippen molar-refractivity contribution in [3.05, 3.63) is 82.9 Å². The Balaban J connectivity index is 1.79. The molecule has 0 saturated carbocycles. The summed E-state index contributed by atoms with van der Waals surface area (Å²) in [6.45, 7) is 0. The van der Waals surface area contributed by atoms with Crippen LogP contribution in [0.5, 0.6) is 0 Å². The Morgan fingerprint density at radius 1 is 1.04 bits per heavy atom. The minimum atomic E-state index is -0.261. The van der Waals surface area contributed by atoms with E-state index in [1.54, 1.807) is 16.8 Å². The van der Waals surface area contributed by atoms with Crippen LogP contribution in [0.4, 0.5) is 10.3 Å². The van der Waals surface area contributed by atoms with Crippen LogP contribution in [-0.2, 0) is 0 Å².